The second kappa shape index (κ2) is 23.2. The summed E-state index contributed by atoms with van der Waals surface area (Å²) in [6.45, 7) is 8.90. The third-order valence-corrected chi connectivity index (χ3v) is 11.6. The molecule has 332 valence electrons. The zero-order chi connectivity index (χ0) is 44.1. The summed E-state index contributed by atoms with van der Waals surface area (Å²) in [7, 11) is 1.60. The lowest BCUT2D eigenvalue weighted by Gasteiger charge is -2.30. The molecule has 20 nitrogen and oxygen atoms in total. The van der Waals surface area contributed by atoms with Crippen LogP contribution < -0.4 is 22.0 Å². The van der Waals surface area contributed by atoms with Crippen molar-refractivity contribution in [1.29, 1.82) is 0 Å². The average Bonchev–Trinajstić information content (AvgIpc) is 3.64. The summed E-state index contributed by atoms with van der Waals surface area (Å²) in [6, 6.07) is 9.74. The molecule has 0 radical (unpaired) electrons. The number of hydrogen-bond acceptors (Lipinski definition) is 16. The van der Waals surface area contributed by atoms with Gasteiger partial charge in [-0.3, -0.25) is 19.8 Å². The van der Waals surface area contributed by atoms with Crippen LogP contribution in [0.4, 0.5) is 21.2 Å². The van der Waals surface area contributed by atoms with Crippen molar-refractivity contribution in [3.05, 3.63) is 76.4 Å². The fourth-order valence-corrected chi connectivity index (χ4v) is 7.24. The molecule has 2 aromatic heterocycles. The van der Waals surface area contributed by atoms with E-state index in [0.29, 0.717) is 33.4 Å². The quantitative estimate of drug-likeness (QED) is 0.0889. The first-order valence-electron chi connectivity index (χ1n) is 19.1. The van der Waals surface area contributed by atoms with E-state index >= 15 is 0 Å². The SMILES string of the molecule is CCC(CC)(COC)COC(=O)Nc1nc(=O)n([C@@H]2O[C@H](C)[C@@H](O)[C@H]2O)cc1I.C[C@H]1O[C@@H](n2cc(I)c(NC(=O)OCCCOCc3ccccc3)nc2=O)[C@H](O)[C@@H]1O. The highest BCUT2D eigenvalue weighted by molar-refractivity contribution is 14.1. The summed E-state index contributed by atoms with van der Waals surface area (Å²) in [6.07, 6.45) is -4.72. The van der Waals surface area contributed by atoms with Crippen LogP contribution in [0.15, 0.2) is 52.3 Å². The van der Waals surface area contributed by atoms with Gasteiger partial charge in [0, 0.05) is 31.3 Å². The number of anilines is 2. The van der Waals surface area contributed by atoms with Crippen molar-refractivity contribution in [3.63, 3.8) is 0 Å². The van der Waals surface area contributed by atoms with Crippen molar-refractivity contribution in [2.45, 2.75) is 103 Å². The van der Waals surface area contributed by atoms with E-state index in [1.165, 1.54) is 12.4 Å². The largest absolute Gasteiger partial charge is 0.449 e. The third-order valence-electron chi connectivity index (χ3n) is 10.00. The summed E-state index contributed by atoms with van der Waals surface area (Å²) < 4.78 is 35.1. The van der Waals surface area contributed by atoms with Crippen molar-refractivity contribution in [3.8, 4) is 0 Å². The van der Waals surface area contributed by atoms with Gasteiger partial charge in [0.2, 0.25) is 0 Å². The lowest BCUT2D eigenvalue weighted by Crippen LogP contribution is -2.36. The first kappa shape index (κ1) is 49.3. The zero-order valence-electron chi connectivity index (χ0n) is 33.7. The Morgan fingerprint density at radius 3 is 1.68 bits per heavy atom. The standard InChI is InChI=1S/C20H24IN3O7.C18H28IN3O7/c1-12-15(25)16(26)18(31-12)24-10-14(21)17(22-19(24)27)23-20(28)30-9-5-8-29-11-13-6-3-2-4-7-13;1-5-18(6-2,8-27-4)9-28-17(26)21-14-11(19)7-22(16(25)20-14)15-13(24)12(23)10(3)29-15/h2-4,6-7,10,12,15-16,18,25-26H,5,8-9,11H2,1H3,(H,22,23,27,28);7,10,12-13,15,23-24H,5-6,8-9H2,1-4H3,(H,20,21,25,26)/t12-,15-,16-,18-;10-,12-,13-,15-/m11/s1. The molecule has 4 heterocycles. The molecule has 0 saturated carbocycles. The van der Waals surface area contributed by atoms with E-state index < -0.39 is 72.6 Å². The van der Waals surface area contributed by atoms with Crippen LogP contribution in [0.2, 0.25) is 0 Å². The van der Waals surface area contributed by atoms with Gasteiger partial charge in [-0.25, -0.2) is 19.2 Å². The zero-order valence-corrected chi connectivity index (χ0v) is 38.0. The van der Waals surface area contributed by atoms with Crippen molar-refractivity contribution < 1.29 is 58.4 Å². The van der Waals surface area contributed by atoms with Crippen LogP contribution in [0.5, 0.6) is 0 Å². The molecule has 1 aromatic carbocycles. The highest BCUT2D eigenvalue weighted by Gasteiger charge is 2.43. The maximum atomic E-state index is 12.4. The average molecular weight is 1070 g/mol. The minimum absolute atomic E-state index is 0.0354. The Morgan fingerprint density at radius 2 is 1.25 bits per heavy atom. The number of ether oxygens (including phenoxy) is 6. The van der Waals surface area contributed by atoms with Crippen LogP contribution in [0.3, 0.4) is 0 Å². The van der Waals surface area contributed by atoms with Gasteiger partial charge in [-0.05, 0) is 77.4 Å². The van der Waals surface area contributed by atoms with Crippen LogP contribution in [0.1, 0.15) is 65.0 Å². The molecule has 60 heavy (non-hydrogen) atoms. The summed E-state index contributed by atoms with van der Waals surface area (Å²) in [5.41, 5.74) is -0.683. The Labute approximate surface area is 373 Å². The van der Waals surface area contributed by atoms with E-state index in [1.807, 2.05) is 89.4 Å². The van der Waals surface area contributed by atoms with Gasteiger partial charge in [-0.2, -0.15) is 9.97 Å². The van der Waals surface area contributed by atoms with E-state index in [0.717, 1.165) is 27.5 Å². The van der Waals surface area contributed by atoms with Crippen LogP contribution in [-0.2, 0) is 35.0 Å². The van der Waals surface area contributed by atoms with Crippen molar-refractivity contribution >= 4 is 69.0 Å². The minimum atomic E-state index is -1.27. The number of carbonyl (C=O) groups is 2. The number of hydrogen-bond donors (Lipinski definition) is 6. The van der Waals surface area contributed by atoms with E-state index in [9.17, 15) is 39.6 Å². The van der Waals surface area contributed by atoms with Gasteiger partial charge in [0.25, 0.3) is 0 Å². The fourth-order valence-electron chi connectivity index (χ4n) is 6.13. The molecule has 5 rings (SSSR count). The number of halogens is 2. The van der Waals surface area contributed by atoms with Crippen molar-refractivity contribution in [2.75, 3.05) is 44.2 Å². The van der Waals surface area contributed by atoms with E-state index in [-0.39, 0.29) is 30.3 Å². The molecule has 0 aliphatic carbocycles. The number of aromatic nitrogens is 4. The maximum absolute atomic E-state index is 12.4. The summed E-state index contributed by atoms with van der Waals surface area (Å²) in [4.78, 5) is 56.6. The highest BCUT2D eigenvalue weighted by Crippen LogP contribution is 2.31. The normalized spacial score (nSPS) is 23.7. The number of aliphatic hydroxyl groups is 4. The molecule has 6 N–H and O–H groups in total. The Morgan fingerprint density at radius 1 is 0.767 bits per heavy atom. The van der Waals surface area contributed by atoms with Gasteiger partial charge in [-0.1, -0.05) is 44.2 Å². The summed E-state index contributed by atoms with van der Waals surface area (Å²) in [5, 5.41) is 44.7. The van der Waals surface area contributed by atoms with Crippen LogP contribution >= 0.6 is 45.2 Å². The highest BCUT2D eigenvalue weighted by atomic mass is 127. The molecular weight excluding hydrogens is 1020 g/mol. The molecule has 2 amide bonds. The Kier molecular flexibility index (Phi) is 19.1. The molecule has 2 fully saturated rings. The maximum Gasteiger partial charge on any atom is 0.412 e. The first-order valence-corrected chi connectivity index (χ1v) is 21.3. The second-order valence-corrected chi connectivity index (χ2v) is 16.5. The number of aliphatic hydroxyl groups excluding tert-OH is 4. The lowest BCUT2D eigenvalue weighted by atomic mass is 9.84. The van der Waals surface area contributed by atoms with Crippen molar-refractivity contribution in [1.82, 2.24) is 19.1 Å². The molecule has 22 heteroatoms. The third kappa shape index (κ3) is 13.1. The van der Waals surface area contributed by atoms with E-state index in [1.54, 1.807) is 21.0 Å². The fraction of sp³-hybridized carbons (Fsp3) is 0.579. The molecule has 0 bridgehead atoms. The Hall–Kier alpha value is -3.34. The van der Waals surface area contributed by atoms with E-state index in [2.05, 4.69) is 20.6 Å². The number of nitrogens with one attached hydrogen (secondary N) is 2. The van der Waals surface area contributed by atoms with Crippen LogP contribution in [0, 0.1) is 12.6 Å². The van der Waals surface area contributed by atoms with Gasteiger partial charge in [0.15, 0.2) is 24.1 Å². The summed E-state index contributed by atoms with van der Waals surface area (Å²) in [5.74, 6) is 0.0801. The molecule has 3 aromatic rings. The monoisotopic (exact) mass is 1070 g/mol. The second-order valence-electron chi connectivity index (χ2n) is 14.2. The molecule has 2 saturated heterocycles. The molecule has 0 spiro atoms. The van der Waals surface area contributed by atoms with E-state index in [4.69, 9.17) is 28.4 Å². The number of benzene rings is 1. The number of carbonyl (C=O) groups excluding carboxylic acids is 2. The lowest BCUT2D eigenvalue weighted by molar-refractivity contribution is -0.0351. The van der Waals surface area contributed by atoms with Gasteiger partial charge >= 0.3 is 23.6 Å². The van der Waals surface area contributed by atoms with Gasteiger partial charge in [-0.15, -0.1) is 0 Å². The topological polar surface area (TPSA) is 264 Å². The molecule has 2 aliphatic rings. The predicted molar refractivity (Wildman–Crippen MR) is 231 cm³/mol. The van der Waals surface area contributed by atoms with Gasteiger partial charge in [0.1, 0.15) is 31.0 Å². The molecular formula is C38H52I2N6O14. The molecule has 2 aliphatic heterocycles. The van der Waals surface area contributed by atoms with Crippen LogP contribution in [0.25, 0.3) is 0 Å². The summed E-state index contributed by atoms with van der Waals surface area (Å²) >= 11 is 3.79. The minimum Gasteiger partial charge on any atom is -0.449 e. The predicted octanol–water partition coefficient (Wildman–Crippen LogP) is 3.13. The Balaban J connectivity index is 0.000000265. The van der Waals surface area contributed by atoms with Crippen molar-refractivity contribution in [2.24, 2.45) is 5.41 Å². The number of rotatable bonds is 16. The van der Waals surface area contributed by atoms with Gasteiger partial charge < -0.3 is 48.8 Å². The van der Waals surface area contributed by atoms with Crippen LogP contribution in [-0.4, -0.2) is 122 Å². The Bertz CT molecular complexity index is 1990. The number of nitrogens with zero attached hydrogens (tertiary/aromatic N) is 4. The molecule has 8 atom stereocenters. The number of methoxy groups -OCH3 is 1. The molecule has 0 unspecified atom stereocenters. The number of amides is 2. The first-order chi connectivity index (χ1) is 28.5. The van der Waals surface area contributed by atoms with Gasteiger partial charge in [0.05, 0.1) is 45.8 Å². The smallest absolute Gasteiger partial charge is 0.412 e.